The first-order valence-electron chi connectivity index (χ1n) is 9.02. The Bertz CT molecular complexity index is 656. The predicted molar refractivity (Wildman–Crippen MR) is 106 cm³/mol. The Hall–Kier alpha value is -2.16. The summed E-state index contributed by atoms with van der Waals surface area (Å²) in [5.41, 5.74) is 2.46. The average molecular weight is 341 g/mol. The van der Waals surface area contributed by atoms with Crippen LogP contribution in [0, 0.1) is 0 Å². The molecular formula is C22H31NO2. The fourth-order valence-electron chi connectivity index (χ4n) is 2.53. The molecule has 3 nitrogen and oxygen atoms in total. The number of nitrogens with one attached hydrogen (secondary N) is 1. The Balaban J connectivity index is 1.92. The molecule has 0 fully saturated rings. The first-order chi connectivity index (χ1) is 11.8. The van der Waals surface area contributed by atoms with Gasteiger partial charge in [-0.2, -0.15) is 0 Å². The minimum Gasteiger partial charge on any atom is -0.489 e. The molecule has 0 aromatic heterocycles. The maximum absolute atomic E-state index is 6.02. The predicted octanol–water partition coefficient (Wildman–Crippen LogP) is 5.65. The Kier molecular flexibility index (Phi) is 6.35. The standard InChI is InChI=1S/C22H31NO2/c1-16(2)24-21-10-8-7-9-20(21)23-15-17(3)25-19-13-11-18(12-14-19)22(4,5)6/h7-14,16-17,23H,15H2,1-6H3. The topological polar surface area (TPSA) is 30.5 Å². The van der Waals surface area contributed by atoms with Crippen molar-refractivity contribution in [3.63, 3.8) is 0 Å². The van der Waals surface area contributed by atoms with Crippen LogP contribution in [0.3, 0.4) is 0 Å². The van der Waals surface area contributed by atoms with Gasteiger partial charge in [0.25, 0.3) is 0 Å². The molecular weight excluding hydrogens is 310 g/mol. The van der Waals surface area contributed by atoms with Gasteiger partial charge in [0.2, 0.25) is 0 Å². The third kappa shape index (κ3) is 6.00. The molecule has 0 amide bonds. The van der Waals surface area contributed by atoms with Crippen LogP contribution in [0.2, 0.25) is 0 Å². The van der Waals surface area contributed by atoms with Crippen LogP contribution in [0.25, 0.3) is 0 Å². The average Bonchev–Trinajstić information content (AvgIpc) is 2.53. The molecule has 1 N–H and O–H groups in total. The lowest BCUT2D eigenvalue weighted by molar-refractivity contribution is 0.232. The second-order valence-corrected chi connectivity index (χ2v) is 7.75. The molecule has 2 rings (SSSR count). The number of anilines is 1. The summed E-state index contributed by atoms with van der Waals surface area (Å²) in [6.07, 6.45) is 0.200. The van der Waals surface area contributed by atoms with Crippen molar-refractivity contribution >= 4 is 5.69 Å². The molecule has 1 atom stereocenters. The van der Waals surface area contributed by atoms with Crippen LogP contribution in [0.5, 0.6) is 11.5 Å². The summed E-state index contributed by atoms with van der Waals surface area (Å²) < 4.78 is 11.9. The number of para-hydroxylation sites is 2. The minimum atomic E-state index is 0.0487. The molecule has 0 aliphatic rings. The summed E-state index contributed by atoms with van der Waals surface area (Å²) in [5, 5.41) is 3.42. The van der Waals surface area contributed by atoms with Crippen molar-refractivity contribution in [1.82, 2.24) is 0 Å². The van der Waals surface area contributed by atoms with E-state index < -0.39 is 0 Å². The fraction of sp³-hybridized carbons (Fsp3) is 0.455. The van der Waals surface area contributed by atoms with Gasteiger partial charge in [0.15, 0.2) is 0 Å². The Morgan fingerprint density at radius 3 is 2.12 bits per heavy atom. The smallest absolute Gasteiger partial charge is 0.142 e. The van der Waals surface area contributed by atoms with E-state index in [0.717, 1.165) is 17.2 Å². The fourth-order valence-corrected chi connectivity index (χ4v) is 2.53. The van der Waals surface area contributed by atoms with Gasteiger partial charge in [-0.3, -0.25) is 0 Å². The normalized spacial score (nSPS) is 12.8. The van der Waals surface area contributed by atoms with Crippen molar-refractivity contribution in [2.24, 2.45) is 0 Å². The van der Waals surface area contributed by atoms with E-state index in [1.807, 2.05) is 50.2 Å². The van der Waals surface area contributed by atoms with Crippen LogP contribution in [0.4, 0.5) is 5.69 Å². The number of ether oxygens (including phenoxy) is 2. The lowest BCUT2D eigenvalue weighted by Crippen LogP contribution is -2.23. The van der Waals surface area contributed by atoms with E-state index in [-0.39, 0.29) is 17.6 Å². The van der Waals surface area contributed by atoms with E-state index in [1.165, 1.54) is 5.56 Å². The summed E-state index contributed by atoms with van der Waals surface area (Å²) in [6.45, 7) is 13.5. The molecule has 0 radical (unpaired) electrons. The third-order valence-electron chi connectivity index (χ3n) is 3.89. The van der Waals surface area contributed by atoms with Crippen molar-refractivity contribution < 1.29 is 9.47 Å². The van der Waals surface area contributed by atoms with E-state index >= 15 is 0 Å². The summed E-state index contributed by atoms with van der Waals surface area (Å²) in [7, 11) is 0. The molecule has 136 valence electrons. The van der Waals surface area contributed by atoms with Gasteiger partial charge in [0, 0.05) is 0 Å². The zero-order chi connectivity index (χ0) is 18.4. The van der Waals surface area contributed by atoms with Crippen molar-refractivity contribution in [2.45, 2.75) is 59.2 Å². The molecule has 3 heteroatoms. The lowest BCUT2D eigenvalue weighted by Gasteiger charge is -2.21. The number of benzene rings is 2. The molecule has 0 saturated heterocycles. The van der Waals surface area contributed by atoms with Gasteiger partial charge in [-0.15, -0.1) is 0 Å². The van der Waals surface area contributed by atoms with Gasteiger partial charge >= 0.3 is 0 Å². The first-order valence-corrected chi connectivity index (χ1v) is 9.02. The zero-order valence-electron chi connectivity index (χ0n) is 16.3. The van der Waals surface area contributed by atoms with Crippen LogP contribution in [0.1, 0.15) is 47.1 Å². The Morgan fingerprint density at radius 2 is 1.52 bits per heavy atom. The summed E-state index contributed by atoms with van der Waals surface area (Å²) in [4.78, 5) is 0. The highest BCUT2D eigenvalue weighted by molar-refractivity contribution is 5.56. The van der Waals surface area contributed by atoms with Crippen molar-refractivity contribution in [3.05, 3.63) is 54.1 Å². The zero-order valence-corrected chi connectivity index (χ0v) is 16.3. The van der Waals surface area contributed by atoms with Gasteiger partial charge in [-0.05, 0) is 56.0 Å². The molecule has 0 heterocycles. The molecule has 2 aromatic rings. The van der Waals surface area contributed by atoms with Gasteiger partial charge in [-0.25, -0.2) is 0 Å². The largest absolute Gasteiger partial charge is 0.489 e. The first kappa shape index (κ1) is 19.2. The number of hydrogen-bond acceptors (Lipinski definition) is 3. The van der Waals surface area contributed by atoms with Gasteiger partial charge in [-0.1, -0.05) is 45.0 Å². The van der Waals surface area contributed by atoms with Crippen molar-refractivity contribution in [3.8, 4) is 11.5 Å². The molecule has 0 aliphatic heterocycles. The minimum absolute atomic E-state index is 0.0487. The molecule has 0 spiro atoms. The number of rotatable bonds is 7. The summed E-state index contributed by atoms with van der Waals surface area (Å²) in [6, 6.07) is 16.4. The Labute approximate surface area is 152 Å². The van der Waals surface area contributed by atoms with Crippen LogP contribution in [0.15, 0.2) is 48.5 Å². The molecule has 0 saturated carbocycles. The molecule has 0 bridgehead atoms. The second-order valence-electron chi connectivity index (χ2n) is 7.75. The molecule has 2 aromatic carbocycles. The quantitative estimate of drug-likeness (QED) is 0.706. The maximum atomic E-state index is 6.02. The van der Waals surface area contributed by atoms with Crippen LogP contribution in [-0.4, -0.2) is 18.8 Å². The van der Waals surface area contributed by atoms with E-state index in [0.29, 0.717) is 6.54 Å². The molecule has 0 aliphatic carbocycles. The highest BCUT2D eigenvalue weighted by Crippen LogP contribution is 2.26. The monoisotopic (exact) mass is 341 g/mol. The van der Waals surface area contributed by atoms with E-state index in [4.69, 9.17) is 9.47 Å². The van der Waals surface area contributed by atoms with Crippen LogP contribution >= 0.6 is 0 Å². The summed E-state index contributed by atoms with van der Waals surface area (Å²) in [5.74, 6) is 1.77. The molecule has 1 unspecified atom stereocenters. The van der Waals surface area contributed by atoms with Gasteiger partial charge in [0.05, 0.1) is 18.3 Å². The van der Waals surface area contributed by atoms with Gasteiger partial charge < -0.3 is 14.8 Å². The Morgan fingerprint density at radius 1 is 0.880 bits per heavy atom. The lowest BCUT2D eigenvalue weighted by atomic mass is 9.87. The van der Waals surface area contributed by atoms with Crippen molar-refractivity contribution in [1.29, 1.82) is 0 Å². The number of hydrogen-bond donors (Lipinski definition) is 1. The highest BCUT2D eigenvalue weighted by atomic mass is 16.5. The van der Waals surface area contributed by atoms with E-state index in [1.54, 1.807) is 0 Å². The molecule has 25 heavy (non-hydrogen) atoms. The highest BCUT2D eigenvalue weighted by Gasteiger charge is 2.13. The van der Waals surface area contributed by atoms with E-state index in [2.05, 4.69) is 45.1 Å². The third-order valence-corrected chi connectivity index (χ3v) is 3.89. The van der Waals surface area contributed by atoms with E-state index in [9.17, 15) is 0 Å². The maximum Gasteiger partial charge on any atom is 0.142 e. The van der Waals surface area contributed by atoms with Gasteiger partial charge in [0.1, 0.15) is 17.6 Å². The summed E-state index contributed by atoms with van der Waals surface area (Å²) >= 11 is 0. The SMILES string of the molecule is CC(C)Oc1ccccc1NCC(C)Oc1ccc(C(C)(C)C)cc1. The second kappa shape index (κ2) is 8.28. The van der Waals surface area contributed by atoms with Crippen LogP contribution < -0.4 is 14.8 Å². The van der Waals surface area contributed by atoms with Crippen molar-refractivity contribution in [2.75, 3.05) is 11.9 Å². The van der Waals surface area contributed by atoms with Crippen LogP contribution in [-0.2, 0) is 5.41 Å².